The van der Waals surface area contributed by atoms with Crippen LogP contribution in [0.4, 0.5) is 0 Å². The lowest BCUT2D eigenvalue weighted by atomic mass is 9.75. The molecule has 4 fully saturated rings. The summed E-state index contributed by atoms with van der Waals surface area (Å²) in [6.07, 6.45) is 6.77. The molecule has 0 aromatic carbocycles. The molecule has 5 unspecified atom stereocenters. The number of alkyl halides is 2. The molecule has 3 aliphatic heterocycles. The van der Waals surface area contributed by atoms with Crippen molar-refractivity contribution in [3.05, 3.63) is 0 Å². The number of hydrogen-bond donors (Lipinski definition) is 0. The minimum atomic E-state index is 0.0251. The standard InChI is InChI=1S/C9H13Cl2P/c10-8-7-1-6-2-9(8,11)5-12(3-6)4-7/h6-8H,1-5H2. The van der Waals surface area contributed by atoms with Crippen LogP contribution in [0.5, 0.6) is 0 Å². The zero-order valence-corrected chi connectivity index (χ0v) is 9.38. The van der Waals surface area contributed by atoms with E-state index in [1.54, 1.807) is 0 Å². The second-order valence-corrected chi connectivity index (χ2v) is 8.31. The molecule has 0 nitrogen and oxygen atoms in total. The van der Waals surface area contributed by atoms with Crippen molar-refractivity contribution in [3.8, 4) is 0 Å². The lowest BCUT2D eigenvalue weighted by molar-refractivity contribution is 0.237. The van der Waals surface area contributed by atoms with Crippen molar-refractivity contribution in [2.75, 3.05) is 18.5 Å². The zero-order valence-electron chi connectivity index (χ0n) is 6.97. The number of rotatable bonds is 0. The first-order valence-corrected chi connectivity index (χ1v) is 7.44. The largest absolute Gasteiger partial charge is 0.121 e. The molecule has 5 atom stereocenters. The third-order valence-corrected chi connectivity index (χ3v) is 8.29. The number of hydrogen-bond acceptors (Lipinski definition) is 0. The molecule has 1 saturated carbocycles. The summed E-state index contributed by atoms with van der Waals surface area (Å²) >= 11 is 13.0. The molecule has 0 aromatic rings. The van der Waals surface area contributed by atoms with Crippen molar-refractivity contribution in [1.82, 2.24) is 0 Å². The highest BCUT2D eigenvalue weighted by molar-refractivity contribution is 7.58. The minimum Gasteiger partial charge on any atom is -0.121 e. The smallest absolute Gasteiger partial charge is 0.0654 e. The van der Waals surface area contributed by atoms with Crippen molar-refractivity contribution in [2.45, 2.75) is 23.1 Å². The van der Waals surface area contributed by atoms with Crippen LogP contribution in [0.3, 0.4) is 0 Å². The molecule has 0 aromatic heterocycles. The van der Waals surface area contributed by atoms with E-state index in [0.29, 0.717) is 7.92 Å². The molecule has 0 radical (unpaired) electrons. The van der Waals surface area contributed by atoms with E-state index in [-0.39, 0.29) is 10.3 Å². The average Bonchev–Trinajstić information content (AvgIpc) is 1.98. The molecule has 4 bridgehead atoms. The van der Waals surface area contributed by atoms with Crippen LogP contribution in [0, 0.1) is 11.8 Å². The highest BCUT2D eigenvalue weighted by atomic mass is 35.5. The molecule has 3 heteroatoms. The van der Waals surface area contributed by atoms with Gasteiger partial charge >= 0.3 is 0 Å². The van der Waals surface area contributed by atoms with E-state index in [4.69, 9.17) is 23.2 Å². The summed E-state index contributed by atoms with van der Waals surface area (Å²) in [7, 11) is 0.297. The van der Waals surface area contributed by atoms with Gasteiger partial charge < -0.3 is 0 Å². The van der Waals surface area contributed by atoms with E-state index in [1.807, 2.05) is 0 Å². The summed E-state index contributed by atoms with van der Waals surface area (Å²) in [5.41, 5.74) is 0. The van der Waals surface area contributed by atoms with Gasteiger partial charge in [-0.3, -0.25) is 0 Å². The fraction of sp³-hybridized carbons (Fsp3) is 1.00. The second kappa shape index (κ2) is 2.53. The molecular weight excluding hydrogens is 210 g/mol. The fourth-order valence-corrected chi connectivity index (χ4v) is 8.38. The third-order valence-electron chi connectivity index (χ3n) is 3.67. The van der Waals surface area contributed by atoms with Gasteiger partial charge in [0.1, 0.15) is 0 Å². The predicted octanol–water partition coefficient (Wildman–Crippen LogP) is 3.11. The highest BCUT2D eigenvalue weighted by Crippen LogP contribution is 2.64. The SMILES string of the molecule is ClC1C2CC3CP(C2)CC1(Cl)C3. The van der Waals surface area contributed by atoms with Gasteiger partial charge in [-0.2, -0.15) is 0 Å². The molecule has 4 aliphatic rings. The Morgan fingerprint density at radius 3 is 2.83 bits per heavy atom. The van der Waals surface area contributed by atoms with Gasteiger partial charge in [-0.25, -0.2) is 0 Å². The van der Waals surface area contributed by atoms with Crippen molar-refractivity contribution >= 4 is 31.1 Å². The Morgan fingerprint density at radius 2 is 2.17 bits per heavy atom. The molecule has 0 N–H and O–H groups in total. The molecule has 12 heavy (non-hydrogen) atoms. The van der Waals surface area contributed by atoms with Gasteiger partial charge in [0.2, 0.25) is 0 Å². The predicted molar refractivity (Wildman–Crippen MR) is 56.0 cm³/mol. The van der Waals surface area contributed by atoms with Crippen LogP contribution >= 0.6 is 31.1 Å². The van der Waals surface area contributed by atoms with Crippen molar-refractivity contribution in [3.63, 3.8) is 0 Å². The summed E-state index contributed by atoms with van der Waals surface area (Å²) in [6.45, 7) is 0. The monoisotopic (exact) mass is 222 g/mol. The normalized spacial score (nSPS) is 62.5. The summed E-state index contributed by atoms with van der Waals surface area (Å²) < 4.78 is 0. The fourth-order valence-electron chi connectivity index (χ4n) is 3.38. The molecule has 0 spiro atoms. The maximum absolute atomic E-state index is 6.57. The molecule has 1 aliphatic carbocycles. The molecule has 0 amide bonds. The van der Waals surface area contributed by atoms with Crippen LogP contribution in [0.25, 0.3) is 0 Å². The van der Waals surface area contributed by atoms with Gasteiger partial charge in [0.25, 0.3) is 0 Å². The van der Waals surface area contributed by atoms with Crippen LogP contribution in [-0.4, -0.2) is 28.7 Å². The van der Waals surface area contributed by atoms with Crippen LogP contribution in [0.15, 0.2) is 0 Å². The maximum Gasteiger partial charge on any atom is 0.0654 e. The first kappa shape index (κ1) is 8.33. The summed E-state index contributed by atoms with van der Waals surface area (Å²) in [5.74, 6) is 1.72. The quantitative estimate of drug-likeness (QED) is 0.437. The lowest BCUT2D eigenvalue weighted by Gasteiger charge is -2.56. The molecular formula is C9H13Cl2P. The first-order chi connectivity index (χ1) is 5.67. The summed E-state index contributed by atoms with van der Waals surface area (Å²) in [6, 6.07) is 0. The third kappa shape index (κ3) is 1.01. The Morgan fingerprint density at radius 1 is 1.33 bits per heavy atom. The molecule has 3 saturated heterocycles. The zero-order chi connectivity index (χ0) is 8.34. The van der Waals surface area contributed by atoms with E-state index in [2.05, 4.69) is 0 Å². The Kier molecular flexibility index (Phi) is 1.75. The summed E-state index contributed by atoms with van der Waals surface area (Å²) in [5, 5.41) is 0.287. The van der Waals surface area contributed by atoms with E-state index >= 15 is 0 Å². The van der Waals surface area contributed by atoms with Gasteiger partial charge in [-0.05, 0) is 43.2 Å². The lowest BCUT2D eigenvalue weighted by Crippen LogP contribution is -2.56. The van der Waals surface area contributed by atoms with E-state index < -0.39 is 0 Å². The molecule has 4 rings (SSSR count). The highest BCUT2D eigenvalue weighted by Gasteiger charge is 2.55. The Balaban J connectivity index is 1.97. The van der Waals surface area contributed by atoms with Gasteiger partial charge in [0.05, 0.1) is 10.3 Å². The van der Waals surface area contributed by atoms with Gasteiger partial charge in [0.15, 0.2) is 0 Å². The van der Waals surface area contributed by atoms with E-state index in [1.165, 1.54) is 31.3 Å². The summed E-state index contributed by atoms with van der Waals surface area (Å²) in [4.78, 5) is 0.0251. The maximum atomic E-state index is 6.57. The first-order valence-electron chi connectivity index (χ1n) is 4.73. The minimum absolute atomic E-state index is 0.0251. The Bertz CT molecular complexity index is 205. The van der Waals surface area contributed by atoms with Crippen molar-refractivity contribution in [1.29, 1.82) is 0 Å². The average molecular weight is 223 g/mol. The van der Waals surface area contributed by atoms with Crippen LogP contribution in [0.1, 0.15) is 12.8 Å². The topological polar surface area (TPSA) is 0 Å². The van der Waals surface area contributed by atoms with Gasteiger partial charge in [0, 0.05) is 0 Å². The number of halogens is 2. The van der Waals surface area contributed by atoms with Crippen LogP contribution in [0.2, 0.25) is 0 Å². The van der Waals surface area contributed by atoms with E-state index in [9.17, 15) is 0 Å². The molecule has 3 heterocycles. The van der Waals surface area contributed by atoms with Gasteiger partial charge in [-0.1, -0.05) is 0 Å². The Labute approximate surface area is 84.7 Å². The van der Waals surface area contributed by atoms with Crippen molar-refractivity contribution in [2.24, 2.45) is 11.8 Å². The van der Waals surface area contributed by atoms with Crippen LogP contribution < -0.4 is 0 Å². The van der Waals surface area contributed by atoms with Gasteiger partial charge in [-0.15, -0.1) is 31.1 Å². The van der Waals surface area contributed by atoms with E-state index in [0.717, 1.165) is 11.8 Å². The van der Waals surface area contributed by atoms with Crippen LogP contribution in [-0.2, 0) is 0 Å². The molecule has 68 valence electrons. The second-order valence-electron chi connectivity index (χ2n) is 4.70. The Hall–Kier alpha value is 1.01. The van der Waals surface area contributed by atoms with Crippen molar-refractivity contribution < 1.29 is 0 Å².